The zero-order valence-electron chi connectivity index (χ0n) is 17.7. The van der Waals surface area contributed by atoms with Crippen molar-refractivity contribution in [1.29, 1.82) is 0 Å². The topological polar surface area (TPSA) is 71.7 Å². The second kappa shape index (κ2) is 9.45. The highest BCUT2D eigenvalue weighted by Crippen LogP contribution is 2.22. The van der Waals surface area contributed by atoms with Crippen molar-refractivity contribution in [2.24, 2.45) is 4.99 Å². The Hall–Kier alpha value is -3.02. The van der Waals surface area contributed by atoms with Gasteiger partial charge in [-0.15, -0.1) is 0 Å². The molecule has 0 radical (unpaired) electrons. The summed E-state index contributed by atoms with van der Waals surface area (Å²) in [4.78, 5) is 8.55. The van der Waals surface area contributed by atoms with Crippen molar-refractivity contribution in [3.8, 4) is 5.75 Å². The minimum atomic E-state index is -0.0454. The third-order valence-corrected chi connectivity index (χ3v) is 4.53. The molecule has 0 aliphatic heterocycles. The van der Waals surface area contributed by atoms with Crippen molar-refractivity contribution < 1.29 is 9.15 Å². The van der Waals surface area contributed by atoms with Crippen LogP contribution in [0.25, 0.3) is 10.8 Å². The molecule has 3 rings (SSSR count). The molecule has 1 heterocycles. The van der Waals surface area contributed by atoms with Crippen molar-refractivity contribution in [3.05, 3.63) is 60.3 Å². The number of aromatic nitrogens is 1. The van der Waals surface area contributed by atoms with Gasteiger partial charge in [0.15, 0.2) is 5.96 Å². The van der Waals surface area contributed by atoms with Gasteiger partial charge in [-0.3, -0.25) is 4.99 Å². The first kappa shape index (κ1) is 20.7. The highest BCUT2D eigenvalue weighted by molar-refractivity contribution is 5.83. The lowest BCUT2D eigenvalue weighted by Gasteiger charge is -2.13. The summed E-state index contributed by atoms with van der Waals surface area (Å²) in [6.07, 6.45) is 2.65. The number of rotatable bonds is 7. The Kier molecular flexibility index (Phi) is 6.75. The lowest BCUT2D eigenvalue weighted by atomic mass is 9.94. The first-order chi connectivity index (χ1) is 14.0. The van der Waals surface area contributed by atoms with Gasteiger partial charge in [0.1, 0.15) is 11.5 Å². The fourth-order valence-electron chi connectivity index (χ4n) is 2.84. The van der Waals surface area contributed by atoms with Gasteiger partial charge in [-0.2, -0.15) is 0 Å². The number of hydrogen-bond donors (Lipinski definition) is 2. The first-order valence-corrected chi connectivity index (χ1v) is 9.97. The first-order valence-electron chi connectivity index (χ1n) is 9.97. The minimum absolute atomic E-state index is 0.0454. The Morgan fingerprint density at radius 1 is 1.10 bits per heavy atom. The molecule has 0 saturated heterocycles. The van der Waals surface area contributed by atoms with Crippen LogP contribution in [0.5, 0.6) is 5.75 Å². The van der Waals surface area contributed by atoms with E-state index in [0.29, 0.717) is 25.0 Å². The normalized spacial score (nSPS) is 12.2. The van der Waals surface area contributed by atoms with E-state index in [9.17, 15) is 0 Å². The summed E-state index contributed by atoms with van der Waals surface area (Å²) >= 11 is 0. The molecule has 0 aliphatic carbocycles. The summed E-state index contributed by atoms with van der Waals surface area (Å²) in [5.74, 6) is 3.14. The summed E-state index contributed by atoms with van der Waals surface area (Å²) in [5, 5.41) is 8.91. The van der Waals surface area contributed by atoms with Gasteiger partial charge in [0.2, 0.25) is 5.89 Å². The molecule has 0 unspecified atom stereocenters. The predicted octanol–water partition coefficient (Wildman–Crippen LogP) is 4.26. The van der Waals surface area contributed by atoms with E-state index in [1.807, 2.05) is 18.2 Å². The predicted molar refractivity (Wildman–Crippen MR) is 117 cm³/mol. The molecule has 0 spiro atoms. The molecule has 0 bridgehead atoms. The summed E-state index contributed by atoms with van der Waals surface area (Å²) in [7, 11) is 1.75. The average molecular weight is 395 g/mol. The number of ether oxygens (including phenoxy) is 1. The minimum Gasteiger partial charge on any atom is -0.494 e. The quantitative estimate of drug-likeness (QED) is 0.356. The number of hydrogen-bond acceptors (Lipinski definition) is 4. The highest BCUT2D eigenvalue weighted by atomic mass is 16.5. The van der Waals surface area contributed by atoms with Crippen molar-refractivity contribution >= 4 is 16.7 Å². The van der Waals surface area contributed by atoms with E-state index in [2.05, 4.69) is 65.6 Å². The molecule has 6 nitrogen and oxygen atoms in total. The summed E-state index contributed by atoms with van der Waals surface area (Å²) < 4.78 is 11.7. The number of nitrogens with one attached hydrogen (secondary N) is 2. The molecule has 0 aliphatic rings. The summed E-state index contributed by atoms with van der Waals surface area (Å²) in [6.45, 7) is 8.19. The van der Waals surface area contributed by atoms with Crippen LogP contribution in [0.4, 0.5) is 0 Å². The van der Waals surface area contributed by atoms with E-state index in [0.717, 1.165) is 24.5 Å². The van der Waals surface area contributed by atoms with E-state index in [1.165, 1.54) is 10.8 Å². The molecule has 154 valence electrons. The molecule has 0 saturated carbocycles. The SMILES string of the molecule is CN=C(NCCCOc1ccc2ccccc2c1)NCc1ncc(C(C)(C)C)o1. The highest BCUT2D eigenvalue weighted by Gasteiger charge is 2.19. The van der Waals surface area contributed by atoms with Gasteiger partial charge in [-0.25, -0.2) is 4.98 Å². The molecule has 29 heavy (non-hydrogen) atoms. The molecule has 3 aromatic rings. The Bertz CT molecular complexity index is 957. The Balaban J connectivity index is 1.38. The molecular weight excluding hydrogens is 364 g/mol. The molecule has 6 heteroatoms. The monoisotopic (exact) mass is 394 g/mol. The van der Waals surface area contributed by atoms with Crippen LogP contribution in [0.2, 0.25) is 0 Å². The Labute approximate surface area is 172 Å². The molecular formula is C23H30N4O2. The third kappa shape index (κ3) is 5.98. The maximum absolute atomic E-state index is 5.87. The Morgan fingerprint density at radius 3 is 2.62 bits per heavy atom. The van der Waals surface area contributed by atoms with E-state index in [-0.39, 0.29) is 5.41 Å². The number of fused-ring (bicyclic) bond motifs is 1. The second-order valence-electron chi connectivity index (χ2n) is 7.93. The van der Waals surface area contributed by atoms with Crippen molar-refractivity contribution in [3.63, 3.8) is 0 Å². The van der Waals surface area contributed by atoms with E-state index in [4.69, 9.17) is 9.15 Å². The van der Waals surface area contributed by atoms with E-state index in [1.54, 1.807) is 13.2 Å². The Morgan fingerprint density at radius 2 is 1.90 bits per heavy atom. The zero-order chi connectivity index (χ0) is 20.7. The van der Waals surface area contributed by atoms with Crippen LogP contribution < -0.4 is 15.4 Å². The van der Waals surface area contributed by atoms with Crippen LogP contribution in [0.3, 0.4) is 0 Å². The fraction of sp³-hybridized carbons (Fsp3) is 0.391. The number of nitrogens with zero attached hydrogens (tertiary/aromatic N) is 2. The van der Waals surface area contributed by atoms with E-state index >= 15 is 0 Å². The van der Waals surface area contributed by atoms with Gasteiger partial charge in [0.05, 0.1) is 19.3 Å². The van der Waals surface area contributed by atoms with Crippen LogP contribution in [0.15, 0.2) is 58.1 Å². The standard InChI is InChI=1S/C23H30N4O2/c1-23(2,3)20-15-26-21(29-20)16-27-22(24-4)25-12-7-13-28-19-11-10-17-8-5-6-9-18(17)14-19/h5-6,8-11,14-15H,7,12-13,16H2,1-4H3,(H2,24,25,27). The second-order valence-corrected chi connectivity index (χ2v) is 7.93. The molecule has 0 amide bonds. The lowest BCUT2D eigenvalue weighted by molar-refractivity contribution is 0.311. The van der Waals surface area contributed by atoms with Crippen LogP contribution >= 0.6 is 0 Å². The van der Waals surface area contributed by atoms with Crippen molar-refractivity contribution in [1.82, 2.24) is 15.6 Å². The molecule has 2 aromatic carbocycles. The van der Waals surface area contributed by atoms with Gasteiger partial charge < -0.3 is 19.8 Å². The van der Waals surface area contributed by atoms with Crippen LogP contribution in [-0.2, 0) is 12.0 Å². The lowest BCUT2D eigenvalue weighted by Crippen LogP contribution is -2.37. The summed E-state index contributed by atoms with van der Waals surface area (Å²) in [6, 6.07) is 14.4. The van der Waals surface area contributed by atoms with Gasteiger partial charge in [0, 0.05) is 19.0 Å². The van der Waals surface area contributed by atoms with Crippen molar-refractivity contribution in [2.45, 2.75) is 39.2 Å². The average Bonchev–Trinajstić information content (AvgIpc) is 3.19. The smallest absolute Gasteiger partial charge is 0.213 e. The number of benzene rings is 2. The van der Waals surface area contributed by atoms with Gasteiger partial charge in [-0.05, 0) is 29.3 Å². The molecule has 2 N–H and O–H groups in total. The van der Waals surface area contributed by atoms with Gasteiger partial charge >= 0.3 is 0 Å². The number of aliphatic imine (C=N–C) groups is 1. The molecule has 0 fully saturated rings. The number of guanidine groups is 1. The molecule has 0 atom stereocenters. The van der Waals surface area contributed by atoms with Gasteiger partial charge in [-0.1, -0.05) is 51.1 Å². The van der Waals surface area contributed by atoms with Crippen LogP contribution in [-0.4, -0.2) is 31.1 Å². The fourth-order valence-corrected chi connectivity index (χ4v) is 2.84. The van der Waals surface area contributed by atoms with Crippen LogP contribution in [0, 0.1) is 0 Å². The maximum atomic E-state index is 5.87. The third-order valence-electron chi connectivity index (χ3n) is 4.53. The van der Waals surface area contributed by atoms with E-state index < -0.39 is 0 Å². The van der Waals surface area contributed by atoms with Gasteiger partial charge in [0.25, 0.3) is 0 Å². The zero-order valence-corrected chi connectivity index (χ0v) is 17.7. The van der Waals surface area contributed by atoms with Crippen LogP contribution in [0.1, 0.15) is 38.8 Å². The number of oxazole rings is 1. The molecule has 1 aromatic heterocycles. The maximum Gasteiger partial charge on any atom is 0.213 e. The summed E-state index contributed by atoms with van der Waals surface area (Å²) in [5.41, 5.74) is -0.0454. The largest absolute Gasteiger partial charge is 0.494 e. The van der Waals surface area contributed by atoms with Crippen molar-refractivity contribution in [2.75, 3.05) is 20.2 Å².